The minimum Gasteiger partial charge on any atom is -0.508 e. The highest BCUT2D eigenvalue weighted by Crippen LogP contribution is 2.29. The van der Waals surface area contributed by atoms with Gasteiger partial charge in [-0.2, -0.15) is 0 Å². The van der Waals surface area contributed by atoms with Crippen LogP contribution in [0.15, 0.2) is 42.6 Å². The maximum absolute atomic E-state index is 11.5. The number of esters is 2. The Kier molecular flexibility index (Phi) is 18.4. The van der Waals surface area contributed by atoms with Crippen LogP contribution in [-0.2, 0) is 19.1 Å². The van der Waals surface area contributed by atoms with Gasteiger partial charge in [0.15, 0.2) is 11.4 Å². The SMILES string of the molecule is CCCOC(CC)CC(C)OC(=O)CC(C)C.COc1ccnc(C(N)=O)c1OC(C)=O.Oc1ccccc1. The molecule has 2 atom stereocenters. The molecule has 3 N–H and O–H groups in total. The molecule has 0 radical (unpaired) electrons. The van der Waals surface area contributed by atoms with E-state index in [4.69, 9.17) is 29.8 Å². The third-order valence-corrected chi connectivity index (χ3v) is 4.84. The summed E-state index contributed by atoms with van der Waals surface area (Å²) in [6.07, 6.45) is 4.77. The lowest BCUT2D eigenvalue weighted by Gasteiger charge is -2.20. The van der Waals surface area contributed by atoms with E-state index in [1.165, 1.54) is 26.3 Å². The van der Waals surface area contributed by atoms with Crippen molar-refractivity contribution in [1.29, 1.82) is 0 Å². The first kappa shape index (κ1) is 35.3. The lowest BCUT2D eigenvalue weighted by atomic mass is 10.1. The van der Waals surface area contributed by atoms with E-state index < -0.39 is 11.9 Å². The van der Waals surface area contributed by atoms with E-state index in [9.17, 15) is 14.4 Å². The molecule has 1 heterocycles. The fourth-order valence-corrected chi connectivity index (χ4v) is 3.10. The van der Waals surface area contributed by atoms with Crippen molar-refractivity contribution in [3.8, 4) is 17.2 Å². The van der Waals surface area contributed by atoms with Gasteiger partial charge < -0.3 is 29.8 Å². The summed E-state index contributed by atoms with van der Waals surface area (Å²) in [4.78, 5) is 37.0. The molecule has 0 aliphatic heterocycles. The summed E-state index contributed by atoms with van der Waals surface area (Å²) in [7, 11) is 1.38. The zero-order valence-corrected chi connectivity index (χ0v) is 24.1. The summed E-state index contributed by atoms with van der Waals surface area (Å²) >= 11 is 0. The summed E-state index contributed by atoms with van der Waals surface area (Å²) in [6.45, 7) is 12.2. The number of carbonyl (C=O) groups excluding carboxylic acids is 3. The molecule has 1 aromatic carbocycles. The summed E-state index contributed by atoms with van der Waals surface area (Å²) in [5.74, 6) is -0.615. The van der Waals surface area contributed by atoms with Gasteiger partial charge in [-0.1, -0.05) is 45.9 Å². The molecule has 2 aromatic rings. The molecule has 0 saturated carbocycles. The van der Waals surface area contributed by atoms with Gasteiger partial charge in [0.1, 0.15) is 11.9 Å². The molecule has 2 rings (SSSR count). The van der Waals surface area contributed by atoms with Crippen molar-refractivity contribution < 1.29 is 38.4 Å². The number of phenols is 1. The fourth-order valence-electron chi connectivity index (χ4n) is 3.10. The Balaban J connectivity index is 0.000000597. The first-order chi connectivity index (χ1) is 18.4. The number of primary amides is 1. The topological polar surface area (TPSA) is 147 Å². The molecule has 0 aliphatic rings. The number of hydrogen-bond donors (Lipinski definition) is 2. The van der Waals surface area contributed by atoms with Crippen LogP contribution in [0.3, 0.4) is 0 Å². The quantitative estimate of drug-likeness (QED) is 0.347. The van der Waals surface area contributed by atoms with Crippen molar-refractivity contribution >= 4 is 17.8 Å². The maximum Gasteiger partial charge on any atom is 0.308 e. The van der Waals surface area contributed by atoms with Gasteiger partial charge in [-0.3, -0.25) is 14.4 Å². The van der Waals surface area contributed by atoms with Gasteiger partial charge in [-0.25, -0.2) is 4.98 Å². The minimum absolute atomic E-state index is 0.0527. The molecule has 0 bridgehead atoms. The van der Waals surface area contributed by atoms with E-state index in [-0.39, 0.29) is 35.4 Å². The predicted octanol–water partition coefficient (Wildman–Crippen LogP) is 5.07. The molecular weight excluding hydrogens is 504 g/mol. The third kappa shape index (κ3) is 16.7. The van der Waals surface area contributed by atoms with Crippen LogP contribution in [0.1, 0.15) is 77.7 Å². The third-order valence-electron chi connectivity index (χ3n) is 4.84. The number of aromatic nitrogens is 1. The summed E-state index contributed by atoms with van der Waals surface area (Å²) in [6, 6.07) is 10.2. The van der Waals surface area contributed by atoms with Crippen LogP contribution in [0.4, 0.5) is 0 Å². The molecule has 1 amide bonds. The van der Waals surface area contributed by atoms with Crippen molar-refractivity contribution in [2.45, 2.75) is 79.4 Å². The number of ether oxygens (including phenoxy) is 4. The Morgan fingerprint density at radius 3 is 2.13 bits per heavy atom. The molecule has 2 unspecified atom stereocenters. The molecule has 39 heavy (non-hydrogen) atoms. The van der Waals surface area contributed by atoms with Crippen LogP contribution >= 0.6 is 0 Å². The van der Waals surface area contributed by atoms with Crippen molar-refractivity contribution in [2.24, 2.45) is 11.7 Å². The summed E-state index contributed by atoms with van der Waals surface area (Å²) in [5.41, 5.74) is 4.93. The second-order valence-corrected chi connectivity index (χ2v) is 9.02. The number of nitrogens with two attached hydrogens (primary N) is 1. The van der Waals surface area contributed by atoms with E-state index >= 15 is 0 Å². The highest BCUT2D eigenvalue weighted by molar-refractivity contribution is 5.95. The molecule has 1 aromatic heterocycles. The molecule has 0 fully saturated rings. The minimum atomic E-state index is -0.787. The zero-order valence-electron chi connectivity index (χ0n) is 24.1. The van der Waals surface area contributed by atoms with Crippen LogP contribution in [0, 0.1) is 5.92 Å². The number of nitrogens with zero attached hydrogens (tertiary/aromatic N) is 1. The molecule has 0 aliphatic carbocycles. The Morgan fingerprint density at radius 2 is 1.69 bits per heavy atom. The summed E-state index contributed by atoms with van der Waals surface area (Å²) in [5, 5.41) is 8.63. The Hall–Kier alpha value is -3.66. The van der Waals surface area contributed by atoms with Crippen LogP contribution in [0.25, 0.3) is 0 Å². The Labute approximate surface area is 231 Å². The molecule has 10 nitrogen and oxygen atoms in total. The number of amides is 1. The van der Waals surface area contributed by atoms with Crippen LogP contribution in [-0.4, -0.2) is 53.9 Å². The number of rotatable bonds is 12. The summed E-state index contributed by atoms with van der Waals surface area (Å²) < 4.78 is 20.8. The van der Waals surface area contributed by atoms with Gasteiger partial charge >= 0.3 is 11.9 Å². The van der Waals surface area contributed by atoms with Crippen molar-refractivity contribution in [1.82, 2.24) is 4.98 Å². The smallest absolute Gasteiger partial charge is 0.308 e. The maximum atomic E-state index is 11.5. The molecule has 218 valence electrons. The number of aromatic hydroxyl groups is 1. The molecular formula is C29H44N2O8. The van der Waals surface area contributed by atoms with E-state index in [1.807, 2.05) is 26.8 Å². The highest BCUT2D eigenvalue weighted by Gasteiger charge is 2.18. The second-order valence-electron chi connectivity index (χ2n) is 9.02. The van der Waals surface area contributed by atoms with E-state index in [0.29, 0.717) is 18.1 Å². The predicted molar refractivity (Wildman–Crippen MR) is 149 cm³/mol. The van der Waals surface area contributed by atoms with E-state index in [2.05, 4.69) is 18.8 Å². The number of benzene rings is 1. The van der Waals surface area contributed by atoms with Crippen LogP contribution in [0.5, 0.6) is 17.2 Å². The van der Waals surface area contributed by atoms with Crippen molar-refractivity contribution in [2.75, 3.05) is 13.7 Å². The van der Waals surface area contributed by atoms with Gasteiger partial charge in [0.25, 0.3) is 5.91 Å². The van der Waals surface area contributed by atoms with Crippen LogP contribution in [0.2, 0.25) is 0 Å². The van der Waals surface area contributed by atoms with E-state index in [1.54, 1.807) is 24.3 Å². The largest absolute Gasteiger partial charge is 0.508 e. The standard InChI is InChI=1S/C14H28O3.C9H10N2O4.C6H6O/c1-6-8-16-13(7-2)10-12(5)17-14(15)9-11(3)4;1-5(12)15-8-6(14-2)3-4-11-7(8)9(10)13;7-6-4-2-1-3-5-6/h11-13H,6-10H2,1-5H3;3-4H,1-2H3,(H2,10,13);1-5,7H. The normalized spacial score (nSPS) is 11.6. The van der Waals surface area contributed by atoms with Crippen molar-refractivity contribution in [3.05, 3.63) is 48.3 Å². The Morgan fingerprint density at radius 1 is 1.05 bits per heavy atom. The van der Waals surface area contributed by atoms with Gasteiger partial charge in [0, 0.05) is 38.6 Å². The second kappa shape index (κ2) is 20.3. The monoisotopic (exact) mass is 548 g/mol. The lowest BCUT2D eigenvalue weighted by molar-refractivity contribution is -0.150. The fraction of sp³-hybridized carbons (Fsp3) is 0.517. The van der Waals surface area contributed by atoms with Gasteiger partial charge in [0.2, 0.25) is 5.75 Å². The van der Waals surface area contributed by atoms with Gasteiger partial charge in [-0.05, 0) is 37.8 Å². The van der Waals surface area contributed by atoms with E-state index in [0.717, 1.165) is 25.9 Å². The number of carbonyl (C=O) groups is 3. The average molecular weight is 549 g/mol. The number of methoxy groups -OCH3 is 1. The van der Waals surface area contributed by atoms with Crippen LogP contribution < -0.4 is 15.2 Å². The van der Waals surface area contributed by atoms with Gasteiger partial charge in [0.05, 0.1) is 13.2 Å². The molecule has 10 heteroatoms. The first-order valence-corrected chi connectivity index (χ1v) is 13.0. The Bertz CT molecular complexity index is 983. The molecule has 0 saturated heterocycles. The lowest BCUT2D eigenvalue weighted by Crippen LogP contribution is -2.23. The van der Waals surface area contributed by atoms with Crippen molar-refractivity contribution in [3.63, 3.8) is 0 Å². The first-order valence-electron chi connectivity index (χ1n) is 13.0. The number of phenolic OH excluding ortho intramolecular Hbond substituents is 1. The number of pyridine rings is 1. The highest BCUT2D eigenvalue weighted by atomic mass is 16.6. The number of para-hydroxylation sites is 1. The molecule has 0 spiro atoms. The zero-order chi connectivity index (χ0) is 29.8. The number of hydrogen-bond acceptors (Lipinski definition) is 9. The van der Waals surface area contributed by atoms with Gasteiger partial charge in [-0.15, -0.1) is 0 Å². The average Bonchev–Trinajstić information content (AvgIpc) is 2.86.